The normalized spacial score (nSPS) is 11.0. The van der Waals surface area contributed by atoms with E-state index in [1.807, 2.05) is 24.3 Å². The molecule has 3 aromatic rings. The Bertz CT molecular complexity index is 831. The maximum atomic E-state index is 12.1. The minimum Gasteiger partial charge on any atom is -0.435 e. The van der Waals surface area contributed by atoms with E-state index in [1.165, 1.54) is 12.1 Å². The van der Waals surface area contributed by atoms with Crippen molar-refractivity contribution in [3.8, 4) is 5.75 Å². The summed E-state index contributed by atoms with van der Waals surface area (Å²) < 4.78 is 30.0. The summed E-state index contributed by atoms with van der Waals surface area (Å²) in [7, 11) is 0. The van der Waals surface area contributed by atoms with E-state index in [2.05, 4.69) is 15.1 Å². The molecular weight excluding hydrogens is 316 g/mol. The first-order valence-corrected chi connectivity index (χ1v) is 7.37. The van der Waals surface area contributed by atoms with Gasteiger partial charge in [0.2, 0.25) is 5.91 Å². The summed E-state index contributed by atoms with van der Waals surface area (Å²) >= 11 is 0. The van der Waals surface area contributed by atoms with Gasteiger partial charge < -0.3 is 4.74 Å². The first-order valence-electron chi connectivity index (χ1n) is 7.37. The quantitative estimate of drug-likeness (QED) is 0.754. The molecule has 0 aliphatic heterocycles. The molecule has 0 aliphatic carbocycles. The number of benzene rings is 2. The zero-order valence-corrected chi connectivity index (χ0v) is 12.7. The monoisotopic (exact) mass is 331 g/mol. The minimum atomic E-state index is -2.84. The minimum absolute atomic E-state index is 0.100. The van der Waals surface area contributed by atoms with Gasteiger partial charge in [-0.05, 0) is 36.2 Å². The van der Waals surface area contributed by atoms with Crippen molar-refractivity contribution < 1.29 is 18.3 Å². The maximum absolute atomic E-state index is 12.1. The first kappa shape index (κ1) is 15.9. The Balaban J connectivity index is 1.55. The van der Waals surface area contributed by atoms with Crippen molar-refractivity contribution in [2.75, 3.05) is 5.43 Å². The summed E-state index contributed by atoms with van der Waals surface area (Å²) in [4.78, 5) is 16.3. The Morgan fingerprint density at radius 1 is 1.17 bits per heavy atom. The number of fused-ring (bicyclic) bond motifs is 1. The van der Waals surface area contributed by atoms with Crippen LogP contribution >= 0.6 is 0 Å². The molecule has 2 aromatic carbocycles. The van der Waals surface area contributed by atoms with Crippen molar-refractivity contribution >= 4 is 16.9 Å². The largest absolute Gasteiger partial charge is 0.435 e. The number of hydrogen-bond acceptors (Lipinski definition) is 3. The molecule has 0 unspecified atom stereocenters. The van der Waals surface area contributed by atoms with Crippen LogP contribution in [0.25, 0.3) is 11.0 Å². The van der Waals surface area contributed by atoms with Crippen molar-refractivity contribution in [2.45, 2.75) is 19.5 Å². The third kappa shape index (κ3) is 3.87. The van der Waals surface area contributed by atoms with Gasteiger partial charge in [-0.2, -0.15) is 8.78 Å². The van der Waals surface area contributed by atoms with E-state index in [4.69, 9.17) is 0 Å². The van der Waals surface area contributed by atoms with E-state index in [0.717, 1.165) is 16.6 Å². The molecular formula is C17H15F2N3O2. The van der Waals surface area contributed by atoms with Gasteiger partial charge >= 0.3 is 6.61 Å². The van der Waals surface area contributed by atoms with E-state index in [0.29, 0.717) is 6.42 Å². The number of carbonyl (C=O) groups is 1. The predicted molar refractivity (Wildman–Crippen MR) is 85.5 cm³/mol. The Morgan fingerprint density at radius 3 is 2.67 bits per heavy atom. The fourth-order valence-corrected chi connectivity index (χ4v) is 2.33. The van der Waals surface area contributed by atoms with Gasteiger partial charge in [0, 0.05) is 6.42 Å². The van der Waals surface area contributed by atoms with Crippen LogP contribution < -0.4 is 10.2 Å². The van der Waals surface area contributed by atoms with Gasteiger partial charge in [-0.3, -0.25) is 10.2 Å². The third-order valence-corrected chi connectivity index (χ3v) is 3.49. The van der Waals surface area contributed by atoms with E-state index < -0.39 is 6.61 Å². The molecule has 0 saturated carbocycles. The van der Waals surface area contributed by atoms with E-state index >= 15 is 0 Å². The summed E-state index contributed by atoms with van der Waals surface area (Å²) in [5, 5.41) is 0. The summed E-state index contributed by atoms with van der Waals surface area (Å²) in [5.41, 5.74) is 5.24. The summed E-state index contributed by atoms with van der Waals surface area (Å²) in [6.45, 7) is -2.84. The average Bonchev–Trinajstić information content (AvgIpc) is 2.97. The Kier molecular flexibility index (Phi) is 4.69. The van der Waals surface area contributed by atoms with Crippen LogP contribution in [0.15, 0.2) is 54.9 Å². The van der Waals surface area contributed by atoms with Gasteiger partial charge in [0.15, 0.2) is 0 Å². The number of nitrogens with one attached hydrogen (secondary N) is 1. The van der Waals surface area contributed by atoms with Crippen molar-refractivity contribution in [1.29, 1.82) is 0 Å². The molecule has 0 atom stereocenters. The SMILES string of the molecule is O=C(CCc1ccc(OC(F)F)cc1)Nn1cnc2ccccc21. The van der Waals surface area contributed by atoms with Gasteiger partial charge in [0.05, 0.1) is 11.0 Å². The lowest BCUT2D eigenvalue weighted by atomic mass is 10.1. The van der Waals surface area contributed by atoms with Crippen molar-refractivity contribution in [1.82, 2.24) is 9.66 Å². The van der Waals surface area contributed by atoms with Crippen LogP contribution in [0.4, 0.5) is 8.78 Å². The van der Waals surface area contributed by atoms with E-state index in [1.54, 1.807) is 23.1 Å². The van der Waals surface area contributed by atoms with Crippen molar-refractivity contribution in [2.24, 2.45) is 0 Å². The van der Waals surface area contributed by atoms with Crippen LogP contribution in [0.2, 0.25) is 0 Å². The number of aryl methyl sites for hydroxylation is 1. The Labute approximate surface area is 136 Å². The Hall–Kier alpha value is -2.96. The first-order chi connectivity index (χ1) is 11.6. The molecule has 1 aromatic heterocycles. The molecule has 0 radical (unpaired) electrons. The number of para-hydroxylation sites is 2. The molecule has 1 heterocycles. The lowest BCUT2D eigenvalue weighted by molar-refractivity contribution is -0.117. The van der Waals surface area contributed by atoms with E-state index in [-0.39, 0.29) is 18.1 Å². The molecule has 1 N–H and O–H groups in total. The summed E-state index contributed by atoms with van der Waals surface area (Å²) in [5.74, 6) is -0.0610. The third-order valence-electron chi connectivity index (χ3n) is 3.49. The van der Waals surface area contributed by atoms with Crippen LogP contribution in [0.1, 0.15) is 12.0 Å². The highest BCUT2D eigenvalue weighted by molar-refractivity contribution is 5.86. The van der Waals surface area contributed by atoms with Gasteiger partial charge in [0.1, 0.15) is 12.1 Å². The second-order valence-corrected chi connectivity index (χ2v) is 5.16. The molecule has 124 valence electrons. The van der Waals surface area contributed by atoms with Gasteiger partial charge in [-0.1, -0.05) is 24.3 Å². The van der Waals surface area contributed by atoms with Gasteiger partial charge in [-0.15, -0.1) is 0 Å². The number of hydrogen-bond donors (Lipinski definition) is 1. The zero-order chi connectivity index (χ0) is 16.9. The lowest BCUT2D eigenvalue weighted by Gasteiger charge is -2.08. The fourth-order valence-electron chi connectivity index (χ4n) is 2.33. The number of alkyl halides is 2. The molecule has 0 saturated heterocycles. The average molecular weight is 331 g/mol. The molecule has 0 aliphatic rings. The summed E-state index contributed by atoms with van der Waals surface area (Å²) in [6.07, 6.45) is 2.31. The number of imidazole rings is 1. The maximum Gasteiger partial charge on any atom is 0.387 e. The van der Waals surface area contributed by atoms with Gasteiger partial charge in [-0.25, -0.2) is 9.66 Å². The Morgan fingerprint density at radius 2 is 1.92 bits per heavy atom. The van der Waals surface area contributed by atoms with Crippen LogP contribution in [0.5, 0.6) is 5.75 Å². The number of halogens is 2. The van der Waals surface area contributed by atoms with Crippen molar-refractivity contribution in [3.63, 3.8) is 0 Å². The standard InChI is InChI=1S/C17H15F2N3O2/c18-17(19)24-13-8-5-12(6-9-13)7-10-16(23)21-22-11-20-14-3-1-2-4-15(14)22/h1-6,8-9,11,17H,7,10H2,(H,21,23). The van der Waals surface area contributed by atoms with Crippen molar-refractivity contribution in [3.05, 3.63) is 60.4 Å². The molecule has 5 nitrogen and oxygen atoms in total. The number of amides is 1. The second kappa shape index (κ2) is 7.08. The molecule has 3 rings (SSSR count). The molecule has 0 fully saturated rings. The highest BCUT2D eigenvalue weighted by atomic mass is 19.3. The zero-order valence-electron chi connectivity index (χ0n) is 12.7. The van der Waals surface area contributed by atoms with Crippen LogP contribution in [0.3, 0.4) is 0 Å². The van der Waals surface area contributed by atoms with Gasteiger partial charge in [0.25, 0.3) is 0 Å². The highest BCUT2D eigenvalue weighted by Crippen LogP contribution is 2.16. The van der Waals surface area contributed by atoms with E-state index in [9.17, 15) is 13.6 Å². The number of rotatable bonds is 6. The second-order valence-electron chi connectivity index (χ2n) is 5.16. The molecule has 24 heavy (non-hydrogen) atoms. The highest BCUT2D eigenvalue weighted by Gasteiger charge is 2.07. The number of nitrogens with zero attached hydrogens (tertiary/aromatic N) is 2. The predicted octanol–water partition coefficient (Wildman–Crippen LogP) is 3.34. The van der Waals surface area contributed by atoms with Crippen LogP contribution in [-0.4, -0.2) is 22.2 Å². The topological polar surface area (TPSA) is 56.1 Å². The molecule has 1 amide bonds. The number of aromatic nitrogens is 2. The molecule has 0 bridgehead atoms. The van der Waals surface area contributed by atoms with Crippen LogP contribution in [0, 0.1) is 0 Å². The lowest BCUT2D eigenvalue weighted by Crippen LogP contribution is -2.22. The smallest absolute Gasteiger partial charge is 0.387 e. The van der Waals surface area contributed by atoms with Crippen LogP contribution in [-0.2, 0) is 11.2 Å². The fraction of sp³-hybridized carbons (Fsp3) is 0.176. The number of ether oxygens (including phenoxy) is 1. The summed E-state index contributed by atoms with van der Waals surface area (Å²) in [6, 6.07) is 13.7. The number of carbonyl (C=O) groups excluding carboxylic acids is 1. The molecule has 7 heteroatoms. The molecule has 0 spiro atoms.